The molecule has 0 aliphatic carbocycles. The summed E-state index contributed by atoms with van der Waals surface area (Å²) in [7, 11) is -2.18. The van der Waals surface area contributed by atoms with Crippen LogP contribution in [0.1, 0.15) is 51.7 Å². The number of anilines is 1. The van der Waals surface area contributed by atoms with E-state index in [1.165, 1.54) is 4.90 Å². The molecule has 0 bridgehead atoms. The predicted octanol–water partition coefficient (Wildman–Crippen LogP) is 3.75. The van der Waals surface area contributed by atoms with Crippen LogP contribution in [0.25, 0.3) is 0 Å². The Labute approximate surface area is 215 Å². The van der Waals surface area contributed by atoms with Crippen molar-refractivity contribution in [3.8, 4) is 5.75 Å². The second-order valence-corrected chi connectivity index (χ2v) is 10.8. The zero-order chi connectivity index (χ0) is 26.9. The molecule has 0 radical (unpaired) electrons. The average molecular weight is 518 g/mol. The van der Waals surface area contributed by atoms with Gasteiger partial charge in [0.05, 0.1) is 19.1 Å². The molecule has 2 atom stereocenters. The Balaban J connectivity index is 2.42. The summed E-state index contributed by atoms with van der Waals surface area (Å²) >= 11 is 0. The van der Waals surface area contributed by atoms with Crippen LogP contribution in [0.15, 0.2) is 48.5 Å². The van der Waals surface area contributed by atoms with E-state index in [-0.39, 0.29) is 18.5 Å². The van der Waals surface area contributed by atoms with Crippen molar-refractivity contribution in [1.82, 2.24) is 10.2 Å². The van der Waals surface area contributed by atoms with Gasteiger partial charge in [0.15, 0.2) is 0 Å². The van der Waals surface area contributed by atoms with E-state index in [9.17, 15) is 18.0 Å². The van der Waals surface area contributed by atoms with Crippen LogP contribution in [-0.2, 0) is 32.6 Å². The summed E-state index contributed by atoms with van der Waals surface area (Å²) in [5.74, 6) is -0.0363. The Morgan fingerprint density at radius 3 is 2.00 bits per heavy atom. The van der Waals surface area contributed by atoms with Gasteiger partial charge >= 0.3 is 0 Å². The molecule has 198 valence electrons. The van der Waals surface area contributed by atoms with Crippen molar-refractivity contribution in [2.45, 2.75) is 65.6 Å². The summed E-state index contributed by atoms with van der Waals surface area (Å²) < 4.78 is 31.7. The van der Waals surface area contributed by atoms with Crippen LogP contribution < -0.4 is 14.4 Å². The summed E-state index contributed by atoms with van der Waals surface area (Å²) in [6.07, 6.45) is 3.03. The van der Waals surface area contributed by atoms with E-state index in [1.807, 2.05) is 52.0 Å². The molecule has 0 fully saturated rings. The Morgan fingerprint density at radius 2 is 1.53 bits per heavy atom. The first-order valence-electron chi connectivity index (χ1n) is 12.3. The highest BCUT2D eigenvalue weighted by molar-refractivity contribution is 7.92. The van der Waals surface area contributed by atoms with Crippen molar-refractivity contribution in [3.63, 3.8) is 0 Å². The van der Waals surface area contributed by atoms with Crippen LogP contribution in [0.5, 0.6) is 5.75 Å². The van der Waals surface area contributed by atoms with E-state index in [0.29, 0.717) is 17.9 Å². The highest BCUT2D eigenvalue weighted by atomic mass is 32.2. The Kier molecular flexibility index (Phi) is 10.8. The van der Waals surface area contributed by atoms with Crippen molar-refractivity contribution in [3.05, 3.63) is 59.7 Å². The monoisotopic (exact) mass is 517 g/mol. The number of nitrogens with zero attached hydrogens (tertiary/aromatic N) is 2. The SMILES string of the molecule is CCc1ccc(N(CC(=O)N(Cc2ccc(OC)cc2)[C@H](CC)C(=O)N[C@H](C)CC)S(C)(=O)=O)cc1. The number of amides is 2. The standard InChI is InChI=1S/C27H39N3O5S/c1-7-20(4)28-27(32)25(9-3)29(18-22-12-16-24(35-5)17-13-22)26(31)19-30(36(6,33)34)23-14-10-21(8-2)11-15-23/h10-17,20,25H,7-9,18-19H2,1-6H3,(H,28,32)/t20-,25-/m1/s1. The van der Waals surface area contributed by atoms with Crippen molar-refractivity contribution >= 4 is 27.5 Å². The minimum atomic E-state index is -3.75. The van der Waals surface area contributed by atoms with Gasteiger partial charge in [0.2, 0.25) is 21.8 Å². The lowest BCUT2D eigenvalue weighted by Gasteiger charge is -2.33. The van der Waals surface area contributed by atoms with Crippen molar-refractivity contribution in [1.29, 1.82) is 0 Å². The third-order valence-corrected chi connectivity index (χ3v) is 7.35. The van der Waals surface area contributed by atoms with Crippen LogP contribution in [-0.4, -0.2) is 57.1 Å². The number of hydrogen-bond acceptors (Lipinski definition) is 5. The number of carbonyl (C=O) groups excluding carboxylic acids is 2. The lowest BCUT2D eigenvalue weighted by atomic mass is 10.1. The smallest absolute Gasteiger partial charge is 0.244 e. The molecule has 0 aliphatic rings. The zero-order valence-electron chi connectivity index (χ0n) is 22.2. The van der Waals surface area contributed by atoms with Crippen LogP contribution in [0.4, 0.5) is 5.69 Å². The van der Waals surface area contributed by atoms with Gasteiger partial charge in [-0.25, -0.2) is 8.42 Å². The number of rotatable bonds is 13. The maximum Gasteiger partial charge on any atom is 0.244 e. The lowest BCUT2D eigenvalue weighted by Crippen LogP contribution is -2.53. The number of sulfonamides is 1. The van der Waals surface area contributed by atoms with Gasteiger partial charge in [-0.3, -0.25) is 13.9 Å². The van der Waals surface area contributed by atoms with Gasteiger partial charge in [-0.2, -0.15) is 0 Å². The first-order valence-corrected chi connectivity index (χ1v) is 14.2. The number of aryl methyl sites for hydroxylation is 1. The number of methoxy groups -OCH3 is 1. The van der Waals surface area contributed by atoms with Crippen LogP contribution in [0, 0.1) is 0 Å². The van der Waals surface area contributed by atoms with Crippen molar-refractivity contribution < 1.29 is 22.7 Å². The van der Waals surface area contributed by atoms with Gasteiger partial charge in [-0.05, 0) is 61.6 Å². The number of nitrogens with one attached hydrogen (secondary N) is 1. The quantitative estimate of drug-likeness (QED) is 0.437. The molecule has 36 heavy (non-hydrogen) atoms. The third-order valence-electron chi connectivity index (χ3n) is 6.21. The molecule has 0 aliphatic heterocycles. The van der Waals surface area contributed by atoms with Crippen LogP contribution >= 0.6 is 0 Å². The largest absolute Gasteiger partial charge is 0.497 e. The van der Waals surface area contributed by atoms with Gasteiger partial charge in [0.1, 0.15) is 18.3 Å². The van der Waals surface area contributed by atoms with Crippen LogP contribution in [0.2, 0.25) is 0 Å². The van der Waals surface area contributed by atoms with Gasteiger partial charge < -0.3 is 15.0 Å². The molecule has 0 unspecified atom stereocenters. The van der Waals surface area contributed by atoms with E-state index in [0.717, 1.165) is 34.5 Å². The Hall–Kier alpha value is -3.07. The van der Waals surface area contributed by atoms with E-state index in [2.05, 4.69) is 5.32 Å². The summed E-state index contributed by atoms with van der Waals surface area (Å²) in [5, 5.41) is 2.96. The van der Waals surface area contributed by atoms with Crippen LogP contribution in [0.3, 0.4) is 0 Å². The molecule has 2 amide bonds. The maximum atomic E-state index is 13.7. The summed E-state index contributed by atoms with van der Waals surface area (Å²) in [4.78, 5) is 28.3. The molecule has 2 rings (SSSR count). The molecule has 0 spiro atoms. The molecular formula is C27H39N3O5S. The fourth-order valence-corrected chi connectivity index (χ4v) is 4.65. The maximum absolute atomic E-state index is 13.7. The Bertz CT molecular complexity index is 1100. The molecule has 0 saturated heterocycles. The lowest BCUT2D eigenvalue weighted by molar-refractivity contribution is -0.140. The van der Waals surface area contributed by atoms with Crippen molar-refractivity contribution in [2.75, 3.05) is 24.2 Å². The van der Waals surface area contributed by atoms with E-state index >= 15 is 0 Å². The molecule has 0 aromatic heterocycles. The molecule has 2 aromatic rings. The van der Waals surface area contributed by atoms with Gasteiger partial charge in [0.25, 0.3) is 0 Å². The molecule has 0 saturated carbocycles. The number of benzene rings is 2. The zero-order valence-corrected chi connectivity index (χ0v) is 23.0. The minimum absolute atomic E-state index is 0.0471. The third kappa shape index (κ3) is 7.98. The van der Waals surface area contributed by atoms with Crippen molar-refractivity contribution in [2.24, 2.45) is 0 Å². The Morgan fingerprint density at radius 1 is 0.944 bits per heavy atom. The molecule has 0 heterocycles. The first-order chi connectivity index (χ1) is 17.0. The highest BCUT2D eigenvalue weighted by Gasteiger charge is 2.32. The molecule has 8 nitrogen and oxygen atoms in total. The summed E-state index contributed by atoms with van der Waals surface area (Å²) in [6.45, 7) is 7.48. The minimum Gasteiger partial charge on any atom is -0.497 e. The van der Waals surface area contributed by atoms with Gasteiger partial charge in [-0.1, -0.05) is 45.0 Å². The fraction of sp³-hybridized carbons (Fsp3) is 0.481. The number of ether oxygens (including phenoxy) is 1. The molecule has 9 heteroatoms. The topological polar surface area (TPSA) is 96.0 Å². The van der Waals surface area contributed by atoms with Gasteiger partial charge in [-0.15, -0.1) is 0 Å². The molecular weight excluding hydrogens is 478 g/mol. The first kappa shape index (κ1) is 29.2. The molecule has 2 aromatic carbocycles. The van der Waals surface area contributed by atoms with E-state index in [1.54, 1.807) is 31.4 Å². The summed E-state index contributed by atoms with van der Waals surface area (Å²) in [5.41, 5.74) is 2.27. The fourth-order valence-electron chi connectivity index (χ4n) is 3.80. The average Bonchev–Trinajstić information content (AvgIpc) is 2.86. The highest BCUT2D eigenvalue weighted by Crippen LogP contribution is 2.21. The van der Waals surface area contributed by atoms with E-state index in [4.69, 9.17) is 4.74 Å². The molecule has 1 N–H and O–H groups in total. The second-order valence-electron chi connectivity index (χ2n) is 8.90. The predicted molar refractivity (Wildman–Crippen MR) is 144 cm³/mol. The summed E-state index contributed by atoms with van der Waals surface area (Å²) in [6, 6.07) is 13.5. The normalized spacial score (nSPS) is 12.9. The second kappa shape index (κ2) is 13.3. The van der Waals surface area contributed by atoms with E-state index < -0.39 is 28.5 Å². The number of carbonyl (C=O) groups is 2. The number of hydrogen-bond donors (Lipinski definition) is 1. The van der Waals surface area contributed by atoms with Gasteiger partial charge in [0, 0.05) is 12.6 Å².